The van der Waals surface area contributed by atoms with E-state index in [1.54, 1.807) is 37.4 Å². The fourth-order valence-electron chi connectivity index (χ4n) is 1.19. The lowest BCUT2D eigenvalue weighted by atomic mass is 10.3. The monoisotopic (exact) mass is 271 g/mol. The van der Waals surface area contributed by atoms with E-state index in [4.69, 9.17) is 11.6 Å². The first kappa shape index (κ1) is 14.3. The number of hydrazine groups is 1. The van der Waals surface area contributed by atoms with Crippen molar-refractivity contribution in [3.8, 4) is 0 Å². The quantitative estimate of drug-likeness (QED) is 0.284. The number of nitrogens with zero attached hydrogens (tertiary/aromatic N) is 4. The molecular weight excluding hydrogens is 258 g/mol. The first-order chi connectivity index (χ1) is 8.47. The van der Waals surface area contributed by atoms with Crippen LogP contribution in [0.3, 0.4) is 0 Å². The molecule has 0 amide bonds. The number of aromatic nitrogens is 1. The maximum absolute atomic E-state index is 10.5. The van der Waals surface area contributed by atoms with E-state index in [9.17, 15) is 10.1 Å². The highest BCUT2D eigenvalue weighted by Gasteiger charge is 2.07. The van der Waals surface area contributed by atoms with Gasteiger partial charge >= 0.3 is 0 Å². The Balaban J connectivity index is 2.69. The van der Waals surface area contributed by atoms with Crippen LogP contribution >= 0.6 is 11.6 Å². The zero-order chi connectivity index (χ0) is 13.5. The third-order valence-electron chi connectivity index (χ3n) is 1.87. The van der Waals surface area contributed by atoms with Crippen molar-refractivity contribution >= 4 is 17.4 Å². The van der Waals surface area contributed by atoms with Gasteiger partial charge in [0.15, 0.2) is 5.84 Å². The molecule has 98 valence electrons. The van der Waals surface area contributed by atoms with E-state index < -0.39 is 4.92 Å². The summed E-state index contributed by atoms with van der Waals surface area (Å²) in [5.74, 6) is 0.292. The van der Waals surface area contributed by atoms with E-state index in [2.05, 4.69) is 15.4 Å². The van der Waals surface area contributed by atoms with E-state index in [0.29, 0.717) is 17.5 Å². The summed E-state index contributed by atoms with van der Waals surface area (Å²) in [5, 5.41) is 12.5. The van der Waals surface area contributed by atoms with Crippen molar-refractivity contribution in [3.05, 3.63) is 39.2 Å². The Hall–Kier alpha value is -1.73. The molecule has 0 radical (unpaired) electrons. The lowest BCUT2D eigenvalue weighted by Crippen LogP contribution is -2.40. The molecule has 0 aromatic carbocycles. The lowest BCUT2D eigenvalue weighted by molar-refractivity contribution is -0.463. The zero-order valence-electron chi connectivity index (χ0n) is 10.1. The molecule has 1 N–H and O–H groups in total. The van der Waals surface area contributed by atoms with Crippen LogP contribution in [0.5, 0.6) is 0 Å². The van der Waals surface area contributed by atoms with Gasteiger partial charge in [-0.1, -0.05) is 17.7 Å². The Morgan fingerprint density at radius 3 is 2.83 bits per heavy atom. The molecule has 0 bridgehead atoms. The Labute approximate surface area is 110 Å². The summed E-state index contributed by atoms with van der Waals surface area (Å²) >= 11 is 5.66. The highest BCUT2D eigenvalue weighted by atomic mass is 35.5. The molecule has 0 unspecified atom stereocenters. The number of halogens is 1. The van der Waals surface area contributed by atoms with E-state index >= 15 is 0 Å². The highest BCUT2D eigenvalue weighted by Crippen LogP contribution is 2.06. The number of hydrogen-bond acceptors (Lipinski definition) is 5. The summed E-state index contributed by atoms with van der Waals surface area (Å²) in [7, 11) is 3.47. The van der Waals surface area contributed by atoms with Crippen LogP contribution in [0.1, 0.15) is 5.56 Å². The average molecular weight is 272 g/mol. The second kappa shape index (κ2) is 6.87. The lowest BCUT2D eigenvalue weighted by Gasteiger charge is -2.13. The maximum Gasteiger partial charge on any atom is 0.261 e. The molecule has 1 rings (SSSR count). The second-order valence-corrected chi connectivity index (χ2v) is 4.14. The summed E-state index contributed by atoms with van der Waals surface area (Å²) < 4.78 is 0. The topological polar surface area (TPSA) is 83.7 Å². The van der Waals surface area contributed by atoms with Gasteiger partial charge in [0.25, 0.3) is 6.54 Å². The van der Waals surface area contributed by atoms with Crippen molar-refractivity contribution in [3.63, 3.8) is 0 Å². The van der Waals surface area contributed by atoms with Gasteiger partial charge in [0.05, 0.1) is 6.54 Å². The first-order valence-electron chi connectivity index (χ1n) is 5.17. The van der Waals surface area contributed by atoms with Crippen LogP contribution in [0.2, 0.25) is 5.15 Å². The Morgan fingerprint density at radius 1 is 1.61 bits per heavy atom. The third-order valence-corrected chi connectivity index (χ3v) is 2.10. The van der Waals surface area contributed by atoms with Crippen molar-refractivity contribution in [1.29, 1.82) is 0 Å². The number of pyridine rings is 1. The van der Waals surface area contributed by atoms with Crippen LogP contribution in [-0.2, 0) is 6.54 Å². The van der Waals surface area contributed by atoms with Gasteiger partial charge in [-0.2, -0.15) is 0 Å². The van der Waals surface area contributed by atoms with Crippen molar-refractivity contribution in [1.82, 2.24) is 15.4 Å². The Kier molecular flexibility index (Phi) is 5.47. The minimum absolute atomic E-state index is 0.292. The number of hydrogen-bond donors (Lipinski definition) is 1. The molecule has 0 aliphatic heterocycles. The predicted molar refractivity (Wildman–Crippen MR) is 69.1 cm³/mol. The molecule has 0 aliphatic rings. The third kappa shape index (κ3) is 5.55. The average Bonchev–Trinajstić information content (AvgIpc) is 2.26. The molecule has 0 spiro atoms. The van der Waals surface area contributed by atoms with Crippen LogP contribution in [0.4, 0.5) is 0 Å². The van der Waals surface area contributed by atoms with Crippen LogP contribution in [0.25, 0.3) is 0 Å². The van der Waals surface area contributed by atoms with Gasteiger partial charge in [-0.25, -0.2) is 9.99 Å². The molecule has 0 saturated carbocycles. The molecule has 18 heavy (non-hydrogen) atoms. The van der Waals surface area contributed by atoms with Crippen molar-refractivity contribution in [2.24, 2.45) is 4.99 Å². The maximum atomic E-state index is 10.5. The fourth-order valence-corrected chi connectivity index (χ4v) is 1.30. The smallest absolute Gasteiger partial charge is 0.261 e. The van der Waals surface area contributed by atoms with Crippen LogP contribution in [0, 0.1) is 10.1 Å². The Bertz CT molecular complexity index is 432. The zero-order valence-corrected chi connectivity index (χ0v) is 10.9. The molecule has 0 atom stereocenters. The highest BCUT2D eigenvalue weighted by molar-refractivity contribution is 6.29. The van der Waals surface area contributed by atoms with E-state index in [0.717, 1.165) is 5.56 Å². The second-order valence-electron chi connectivity index (χ2n) is 3.75. The Morgan fingerprint density at radius 2 is 2.33 bits per heavy atom. The summed E-state index contributed by atoms with van der Waals surface area (Å²) in [4.78, 5) is 18.1. The minimum Gasteiger partial charge on any atom is -0.302 e. The molecule has 0 saturated heterocycles. The normalized spacial score (nSPS) is 11.7. The summed E-state index contributed by atoms with van der Waals surface area (Å²) in [6, 6.07) is 3.43. The summed E-state index contributed by atoms with van der Waals surface area (Å²) in [5.41, 5.74) is 3.62. The van der Waals surface area contributed by atoms with Crippen molar-refractivity contribution in [2.45, 2.75) is 6.54 Å². The van der Waals surface area contributed by atoms with Crippen LogP contribution in [-0.4, -0.2) is 41.4 Å². The predicted octanol–water partition coefficient (Wildman–Crippen LogP) is 0.976. The minimum atomic E-state index is -0.435. The van der Waals surface area contributed by atoms with Gasteiger partial charge in [0.1, 0.15) is 5.15 Å². The van der Waals surface area contributed by atoms with Crippen molar-refractivity contribution < 1.29 is 4.92 Å². The van der Waals surface area contributed by atoms with Crippen LogP contribution in [0.15, 0.2) is 23.3 Å². The van der Waals surface area contributed by atoms with E-state index in [1.807, 2.05) is 0 Å². The molecule has 1 aromatic rings. The van der Waals surface area contributed by atoms with E-state index in [1.165, 1.54) is 0 Å². The molecular formula is C10H14ClN5O2. The SMILES string of the molecule is CN(C)NC(C[N+](=O)[O-])=NCc1ccc(Cl)nc1. The summed E-state index contributed by atoms with van der Waals surface area (Å²) in [6.07, 6.45) is 1.59. The van der Waals surface area contributed by atoms with Gasteiger partial charge in [-0.15, -0.1) is 0 Å². The number of nitrogens with one attached hydrogen (secondary N) is 1. The molecule has 0 fully saturated rings. The largest absolute Gasteiger partial charge is 0.302 e. The van der Waals surface area contributed by atoms with Gasteiger partial charge in [0.2, 0.25) is 0 Å². The summed E-state index contributed by atoms with van der Waals surface area (Å²) in [6.45, 7) is -0.0343. The van der Waals surface area contributed by atoms with E-state index in [-0.39, 0.29) is 6.54 Å². The number of nitro groups is 1. The van der Waals surface area contributed by atoms with Gasteiger partial charge in [0, 0.05) is 25.2 Å². The molecule has 7 nitrogen and oxygen atoms in total. The number of amidine groups is 1. The van der Waals surface area contributed by atoms with Gasteiger partial charge in [-0.05, 0) is 11.6 Å². The standard InChI is InChI=1S/C10H14ClN5O2/c1-15(2)14-10(7-16(17)18)13-6-8-3-4-9(11)12-5-8/h3-5H,6-7H2,1-2H3,(H,13,14). The number of aliphatic imine (C=N–C) groups is 1. The van der Waals surface area contributed by atoms with Crippen molar-refractivity contribution in [2.75, 3.05) is 20.6 Å². The number of rotatable bonds is 5. The molecule has 0 aliphatic carbocycles. The van der Waals surface area contributed by atoms with Gasteiger partial charge in [-0.3, -0.25) is 15.1 Å². The first-order valence-corrected chi connectivity index (χ1v) is 5.54. The van der Waals surface area contributed by atoms with Crippen LogP contribution < -0.4 is 5.43 Å². The molecule has 8 heteroatoms. The molecule has 1 aromatic heterocycles. The fraction of sp³-hybridized carbons (Fsp3) is 0.400. The molecule has 1 heterocycles. The van der Waals surface area contributed by atoms with Gasteiger partial charge < -0.3 is 5.43 Å².